The number of hydrogen-bond donors (Lipinski definition) is 1. The summed E-state index contributed by atoms with van der Waals surface area (Å²) in [5, 5.41) is 0. The van der Waals surface area contributed by atoms with E-state index in [9.17, 15) is 13.2 Å². The monoisotopic (exact) mass is 363 g/mol. The van der Waals surface area contributed by atoms with Crippen molar-refractivity contribution >= 4 is 21.8 Å². The van der Waals surface area contributed by atoms with Crippen molar-refractivity contribution in [3.63, 3.8) is 0 Å². The van der Waals surface area contributed by atoms with Crippen LogP contribution in [0, 0.1) is 11.8 Å². The lowest BCUT2D eigenvalue weighted by molar-refractivity contribution is -0.134. The van der Waals surface area contributed by atoms with Crippen LogP contribution in [0.15, 0.2) is 34.2 Å². The van der Waals surface area contributed by atoms with Gasteiger partial charge in [0.2, 0.25) is 5.91 Å². The number of likely N-dealkylation sites (tertiary alicyclic amines) is 1. The number of carbonyl (C=O) groups is 1. The summed E-state index contributed by atoms with van der Waals surface area (Å²) in [5.74, 6) is 0.879. The molecule has 1 aromatic carbocycles. The molecular weight excluding hydrogens is 338 g/mol. The SMILES string of the molecule is CC1CCN(C(=O)[C@H](N=C2NS(=O)(=O)c3ccccc32)C(C)C)CC1. The first-order valence-electron chi connectivity index (χ1n) is 8.78. The topological polar surface area (TPSA) is 78.8 Å². The summed E-state index contributed by atoms with van der Waals surface area (Å²) in [6.45, 7) is 7.57. The Morgan fingerprint density at radius 3 is 2.52 bits per heavy atom. The van der Waals surface area contributed by atoms with Crippen LogP contribution in [0.25, 0.3) is 0 Å². The van der Waals surface area contributed by atoms with E-state index in [2.05, 4.69) is 16.6 Å². The van der Waals surface area contributed by atoms with Gasteiger partial charge in [0.1, 0.15) is 11.9 Å². The fourth-order valence-electron chi connectivity index (χ4n) is 3.27. The highest BCUT2D eigenvalue weighted by Gasteiger charge is 2.34. The zero-order valence-electron chi connectivity index (χ0n) is 14.9. The average Bonchev–Trinajstić information content (AvgIpc) is 2.83. The molecule has 0 saturated carbocycles. The molecule has 0 aliphatic carbocycles. The van der Waals surface area contributed by atoms with Gasteiger partial charge < -0.3 is 4.90 Å². The number of rotatable bonds is 3. The van der Waals surface area contributed by atoms with E-state index < -0.39 is 16.1 Å². The molecule has 7 heteroatoms. The van der Waals surface area contributed by atoms with E-state index in [0.29, 0.717) is 11.5 Å². The van der Waals surface area contributed by atoms with Crippen molar-refractivity contribution in [3.05, 3.63) is 29.8 Å². The summed E-state index contributed by atoms with van der Waals surface area (Å²) >= 11 is 0. The van der Waals surface area contributed by atoms with Crippen LogP contribution < -0.4 is 4.72 Å². The number of piperidine rings is 1. The second kappa shape index (κ2) is 6.78. The average molecular weight is 363 g/mol. The van der Waals surface area contributed by atoms with Crippen LogP contribution in [0.1, 0.15) is 39.2 Å². The highest BCUT2D eigenvalue weighted by molar-refractivity contribution is 7.90. The minimum absolute atomic E-state index is 0.0158. The molecule has 1 fully saturated rings. The van der Waals surface area contributed by atoms with Crippen molar-refractivity contribution in [2.45, 2.75) is 44.6 Å². The molecule has 2 heterocycles. The highest BCUT2D eigenvalue weighted by Crippen LogP contribution is 2.24. The summed E-state index contributed by atoms with van der Waals surface area (Å²) in [6.07, 6.45) is 2.01. The van der Waals surface area contributed by atoms with Gasteiger partial charge in [0.05, 0.1) is 4.90 Å². The predicted molar refractivity (Wildman–Crippen MR) is 96.9 cm³/mol. The van der Waals surface area contributed by atoms with E-state index in [1.54, 1.807) is 24.3 Å². The molecule has 0 spiro atoms. The lowest BCUT2D eigenvalue weighted by atomic mass is 9.97. The molecule has 0 radical (unpaired) electrons. The molecule has 1 amide bonds. The highest BCUT2D eigenvalue weighted by atomic mass is 32.2. The maximum atomic E-state index is 12.9. The Morgan fingerprint density at radius 2 is 1.88 bits per heavy atom. The molecule has 136 valence electrons. The van der Waals surface area contributed by atoms with Gasteiger partial charge in [-0.05, 0) is 36.8 Å². The normalized spacial score (nSPS) is 22.7. The van der Waals surface area contributed by atoms with Crippen LogP contribution in [0.3, 0.4) is 0 Å². The van der Waals surface area contributed by atoms with E-state index in [4.69, 9.17) is 0 Å². The molecule has 6 nitrogen and oxygen atoms in total. The van der Waals surface area contributed by atoms with Gasteiger partial charge in [-0.1, -0.05) is 32.9 Å². The first kappa shape index (κ1) is 17.9. The molecule has 3 rings (SSSR count). The van der Waals surface area contributed by atoms with Gasteiger partial charge in [0.15, 0.2) is 0 Å². The van der Waals surface area contributed by atoms with Gasteiger partial charge >= 0.3 is 0 Å². The van der Waals surface area contributed by atoms with Gasteiger partial charge in [-0.3, -0.25) is 14.5 Å². The molecule has 25 heavy (non-hydrogen) atoms. The van der Waals surface area contributed by atoms with Crippen LogP contribution >= 0.6 is 0 Å². The largest absolute Gasteiger partial charge is 0.341 e. The van der Waals surface area contributed by atoms with Crippen molar-refractivity contribution in [3.8, 4) is 0 Å². The number of amidine groups is 1. The molecule has 1 N–H and O–H groups in total. The summed E-state index contributed by atoms with van der Waals surface area (Å²) in [4.78, 5) is 19.6. The molecule has 1 saturated heterocycles. The Bertz CT molecular complexity index is 794. The fraction of sp³-hybridized carbons (Fsp3) is 0.556. The minimum Gasteiger partial charge on any atom is -0.341 e. The Labute approximate surface area is 149 Å². The van der Waals surface area contributed by atoms with Crippen molar-refractivity contribution in [2.75, 3.05) is 13.1 Å². The van der Waals surface area contributed by atoms with Gasteiger partial charge in [-0.15, -0.1) is 0 Å². The number of fused-ring (bicyclic) bond motifs is 1. The standard InChI is InChI=1S/C18H25N3O3S/c1-12(2)16(18(22)21-10-8-13(3)9-11-21)19-17-14-6-4-5-7-15(14)25(23,24)20-17/h4-7,12-13,16H,8-11H2,1-3H3,(H,19,20)/t16-/m1/s1. The van der Waals surface area contributed by atoms with Crippen molar-refractivity contribution in [1.82, 2.24) is 9.62 Å². The zero-order chi connectivity index (χ0) is 18.2. The fourth-order valence-corrected chi connectivity index (χ4v) is 4.51. The Kier molecular flexibility index (Phi) is 4.86. The van der Waals surface area contributed by atoms with E-state index in [1.807, 2.05) is 18.7 Å². The smallest absolute Gasteiger partial charge is 0.263 e. The first-order chi connectivity index (χ1) is 11.8. The molecule has 2 aliphatic heterocycles. The van der Waals surface area contributed by atoms with E-state index in [1.165, 1.54) is 0 Å². The molecule has 1 atom stereocenters. The third kappa shape index (κ3) is 3.56. The van der Waals surface area contributed by atoms with E-state index in [-0.39, 0.29) is 22.6 Å². The third-order valence-electron chi connectivity index (χ3n) is 4.91. The zero-order valence-corrected chi connectivity index (χ0v) is 15.7. The second-order valence-electron chi connectivity index (χ2n) is 7.28. The van der Waals surface area contributed by atoms with Crippen molar-refractivity contribution in [1.29, 1.82) is 0 Å². The van der Waals surface area contributed by atoms with Crippen LogP contribution in [0.4, 0.5) is 0 Å². The summed E-state index contributed by atoms with van der Waals surface area (Å²) in [7, 11) is -3.59. The van der Waals surface area contributed by atoms with Gasteiger partial charge in [-0.25, -0.2) is 8.42 Å². The quantitative estimate of drug-likeness (QED) is 0.892. The first-order valence-corrected chi connectivity index (χ1v) is 10.3. The van der Waals surface area contributed by atoms with Crippen molar-refractivity contribution < 1.29 is 13.2 Å². The van der Waals surface area contributed by atoms with Crippen LogP contribution in [0.5, 0.6) is 0 Å². The number of sulfonamides is 1. The molecular formula is C18H25N3O3S. The number of hydrogen-bond acceptors (Lipinski definition) is 4. The van der Waals surface area contributed by atoms with Gasteiger partial charge in [-0.2, -0.15) is 0 Å². The Balaban J connectivity index is 1.90. The number of nitrogens with zero attached hydrogens (tertiary/aromatic N) is 2. The number of aliphatic imine (C=N–C) groups is 1. The van der Waals surface area contributed by atoms with E-state index >= 15 is 0 Å². The number of benzene rings is 1. The van der Waals surface area contributed by atoms with Crippen LogP contribution in [0.2, 0.25) is 0 Å². The maximum absolute atomic E-state index is 12.9. The molecule has 0 unspecified atom stereocenters. The minimum atomic E-state index is -3.59. The number of carbonyl (C=O) groups excluding carboxylic acids is 1. The molecule has 0 aromatic heterocycles. The molecule has 1 aromatic rings. The summed E-state index contributed by atoms with van der Waals surface area (Å²) in [6, 6.07) is 6.14. The molecule has 2 aliphatic rings. The maximum Gasteiger partial charge on any atom is 0.263 e. The summed E-state index contributed by atoms with van der Waals surface area (Å²) < 4.78 is 27.0. The van der Waals surface area contributed by atoms with Crippen molar-refractivity contribution in [2.24, 2.45) is 16.8 Å². The van der Waals surface area contributed by atoms with E-state index in [0.717, 1.165) is 25.9 Å². The van der Waals surface area contributed by atoms with Crippen LogP contribution in [-0.2, 0) is 14.8 Å². The molecule has 0 bridgehead atoms. The number of nitrogens with one attached hydrogen (secondary N) is 1. The van der Waals surface area contributed by atoms with Crippen LogP contribution in [-0.4, -0.2) is 44.2 Å². The Morgan fingerprint density at radius 1 is 1.24 bits per heavy atom. The summed E-state index contributed by atoms with van der Waals surface area (Å²) in [5.41, 5.74) is 0.535. The second-order valence-corrected chi connectivity index (χ2v) is 8.93. The predicted octanol–water partition coefficient (Wildman–Crippen LogP) is 2.01. The van der Waals surface area contributed by atoms with Gasteiger partial charge in [0, 0.05) is 18.7 Å². The number of amides is 1. The lowest BCUT2D eigenvalue weighted by Gasteiger charge is -2.33. The third-order valence-corrected chi connectivity index (χ3v) is 6.31. The Hall–Kier alpha value is -1.89. The van der Waals surface area contributed by atoms with Gasteiger partial charge in [0.25, 0.3) is 10.0 Å². The lowest BCUT2D eigenvalue weighted by Crippen LogP contribution is -2.45.